The van der Waals surface area contributed by atoms with Gasteiger partial charge in [-0.25, -0.2) is 4.68 Å². The molecule has 0 aliphatic rings. The number of nitrogens with zero attached hydrogens (tertiary/aromatic N) is 2. The van der Waals surface area contributed by atoms with Gasteiger partial charge in [-0.1, -0.05) is 32.0 Å². The first-order valence-electron chi connectivity index (χ1n) is 7.48. The maximum atomic E-state index is 4.60. The fraction of sp³-hybridized carbons (Fsp3) is 0.471. The number of rotatable bonds is 7. The van der Waals surface area contributed by atoms with Crippen molar-refractivity contribution in [3.8, 4) is 5.69 Å². The lowest BCUT2D eigenvalue weighted by Gasteiger charge is -2.14. The van der Waals surface area contributed by atoms with Gasteiger partial charge >= 0.3 is 0 Å². The van der Waals surface area contributed by atoms with E-state index in [0.717, 1.165) is 23.8 Å². The van der Waals surface area contributed by atoms with Crippen LogP contribution >= 0.6 is 0 Å². The van der Waals surface area contributed by atoms with Crippen LogP contribution in [0.25, 0.3) is 5.69 Å². The molecule has 108 valence electrons. The molecule has 0 saturated heterocycles. The molecular weight excluding hydrogens is 246 g/mol. The first-order valence-corrected chi connectivity index (χ1v) is 7.48. The SMILES string of the molecule is CC(C)CCC(C)NCc1ccn(-c2ccccc2)n1. The van der Waals surface area contributed by atoms with Gasteiger partial charge in [-0.15, -0.1) is 0 Å². The summed E-state index contributed by atoms with van der Waals surface area (Å²) in [6.07, 6.45) is 4.51. The molecule has 1 aromatic heterocycles. The van der Waals surface area contributed by atoms with Crippen LogP contribution in [0.1, 0.15) is 39.3 Å². The first kappa shape index (κ1) is 14.8. The zero-order valence-electron chi connectivity index (χ0n) is 12.7. The monoisotopic (exact) mass is 271 g/mol. The molecular formula is C17H25N3. The van der Waals surface area contributed by atoms with Gasteiger partial charge in [0.1, 0.15) is 0 Å². The van der Waals surface area contributed by atoms with Crippen LogP contribution in [0.2, 0.25) is 0 Å². The lowest BCUT2D eigenvalue weighted by atomic mass is 10.0. The molecule has 1 heterocycles. The van der Waals surface area contributed by atoms with Gasteiger partial charge in [-0.2, -0.15) is 5.10 Å². The fourth-order valence-electron chi connectivity index (χ4n) is 2.14. The van der Waals surface area contributed by atoms with Crippen LogP contribution in [0.15, 0.2) is 42.6 Å². The molecule has 0 spiro atoms. The van der Waals surface area contributed by atoms with E-state index in [4.69, 9.17) is 0 Å². The summed E-state index contributed by atoms with van der Waals surface area (Å²) < 4.78 is 1.93. The van der Waals surface area contributed by atoms with E-state index in [2.05, 4.69) is 49.4 Å². The molecule has 2 rings (SSSR count). The van der Waals surface area contributed by atoms with Gasteiger partial charge in [-0.05, 0) is 43.9 Å². The minimum atomic E-state index is 0.541. The van der Waals surface area contributed by atoms with Crippen molar-refractivity contribution in [2.24, 2.45) is 5.92 Å². The molecule has 0 aliphatic carbocycles. The fourth-order valence-corrected chi connectivity index (χ4v) is 2.14. The normalized spacial score (nSPS) is 12.8. The molecule has 3 heteroatoms. The second-order valence-corrected chi connectivity index (χ2v) is 5.84. The predicted molar refractivity (Wildman–Crippen MR) is 83.9 cm³/mol. The number of benzene rings is 1. The van der Waals surface area contributed by atoms with Crippen molar-refractivity contribution >= 4 is 0 Å². The summed E-state index contributed by atoms with van der Waals surface area (Å²) in [6, 6.07) is 12.8. The molecule has 0 saturated carbocycles. The molecule has 3 nitrogen and oxygen atoms in total. The van der Waals surface area contributed by atoms with Crippen LogP contribution < -0.4 is 5.32 Å². The van der Waals surface area contributed by atoms with Gasteiger partial charge in [0.15, 0.2) is 0 Å². The molecule has 1 atom stereocenters. The van der Waals surface area contributed by atoms with Crippen LogP contribution in [-0.2, 0) is 6.54 Å². The van der Waals surface area contributed by atoms with E-state index in [1.165, 1.54) is 12.8 Å². The van der Waals surface area contributed by atoms with E-state index in [1.807, 2.05) is 29.1 Å². The quantitative estimate of drug-likeness (QED) is 0.830. The van der Waals surface area contributed by atoms with Crippen molar-refractivity contribution < 1.29 is 0 Å². The van der Waals surface area contributed by atoms with Gasteiger partial charge in [0.05, 0.1) is 11.4 Å². The van der Waals surface area contributed by atoms with Gasteiger partial charge in [0, 0.05) is 18.8 Å². The molecule has 0 aliphatic heterocycles. The van der Waals surface area contributed by atoms with E-state index in [0.29, 0.717) is 6.04 Å². The van der Waals surface area contributed by atoms with Crippen LogP contribution in [0, 0.1) is 5.92 Å². The standard InChI is InChI=1S/C17H25N3/c1-14(2)9-10-15(3)18-13-16-11-12-20(19-16)17-7-5-4-6-8-17/h4-8,11-12,14-15,18H,9-10,13H2,1-3H3. The third-order valence-corrected chi connectivity index (χ3v) is 3.47. The Hall–Kier alpha value is -1.61. The predicted octanol–water partition coefficient (Wildman–Crippen LogP) is 3.79. The Morgan fingerprint density at radius 3 is 2.50 bits per heavy atom. The second-order valence-electron chi connectivity index (χ2n) is 5.84. The minimum absolute atomic E-state index is 0.541. The van der Waals surface area contributed by atoms with Crippen molar-refractivity contribution in [2.75, 3.05) is 0 Å². The molecule has 1 unspecified atom stereocenters. The molecule has 2 aromatic rings. The van der Waals surface area contributed by atoms with Gasteiger partial charge in [0.25, 0.3) is 0 Å². The number of para-hydroxylation sites is 1. The van der Waals surface area contributed by atoms with Crippen molar-refractivity contribution in [1.29, 1.82) is 0 Å². The summed E-state index contributed by atoms with van der Waals surface area (Å²) in [5.41, 5.74) is 2.19. The third kappa shape index (κ3) is 4.49. The number of hydrogen-bond acceptors (Lipinski definition) is 2. The molecule has 1 aromatic carbocycles. The maximum absolute atomic E-state index is 4.60. The summed E-state index contributed by atoms with van der Waals surface area (Å²) >= 11 is 0. The van der Waals surface area contributed by atoms with Gasteiger partial charge in [-0.3, -0.25) is 0 Å². The largest absolute Gasteiger partial charge is 0.309 e. The molecule has 0 bridgehead atoms. The minimum Gasteiger partial charge on any atom is -0.309 e. The van der Waals surface area contributed by atoms with Crippen molar-refractivity contribution in [3.05, 3.63) is 48.3 Å². The Labute approximate surface area is 122 Å². The Bertz CT molecular complexity index is 502. The first-order chi connectivity index (χ1) is 9.65. The lowest BCUT2D eigenvalue weighted by Crippen LogP contribution is -2.26. The summed E-state index contributed by atoms with van der Waals surface area (Å²) in [6.45, 7) is 7.62. The molecule has 1 N–H and O–H groups in total. The van der Waals surface area contributed by atoms with Crippen molar-refractivity contribution in [2.45, 2.75) is 46.2 Å². The van der Waals surface area contributed by atoms with E-state index in [-0.39, 0.29) is 0 Å². The third-order valence-electron chi connectivity index (χ3n) is 3.47. The van der Waals surface area contributed by atoms with Crippen LogP contribution in [0.3, 0.4) is 0 Å². The highest BCUT2D eigenvalue weighted by Crippen LogP contribution is 2.09. The Balaban J connectivity index is 1.84. The molecule has 0 fully saturated rings. The number of hydrogen-bond donors (Lipinski definition) is 1. The second kappa shape index (κ2) is 7.25. The van der Waals surface area contributed by atoms with E-state index >= 15 is 0 Å². The number of nitrogens with one attached hydrogen (secondary N) is 1. The van der Waals surface area contributed by atoms with Crippen molar-refractivity contribution in [3.63, 3.8) is 0 Å². The Kier molecular flexibility index (Phi) is 5.36. The highest BCUT2D eigenvalue weighted by atomic mass is 15.3. The van der Waals surface area contributed by atoms with E-state index < -0.39 is 0 Å². The average molecular weight is 271 g/mol. The Morgan fingerprint density at radius 2 is 1.80 bits per heavy atom. The van der Waals surface area contributed by atoms with Gasteiger partial charge < -0.3 is 5.32 Å². The summed E-state index contributed by atoms with van der Waals surface area (Å²) in [5.74, 6) is 0.775. The lowest BCUT2D eigenvalue weighted by molar-refractivity contribution is 0.448. The zero-order valence-corrected chi connectivity index (χ0v) is 12.7. The molecule has 0 radical (unpaired) electrons. The van der Waals surface area contributed by atoms with Crippen LogP contribution in [0.5, 0.6) is 0 Å². The highest BCUT2D eigenvalue weighted by molar-refractivity contribution is 5.30. The molecule has 20 heavy (non-hydrogen) atoms. The summed E-state index contributed by atoms with van der Waals surface area (Å²) in [5, 5.41) is 8.15. The highest BCUT2D eigenvalue weighted by Gasteiger charge is 2.05. The van der Waals surface area contributed by atoms with Gasteiger partial charge in [0.2, 0.25) is 0 Å². The Morgan fingerprint density at radius 1 is 1.05 bits per heavy atom. The van der Waals surface area contributed by atoms with E-state index in [1.54, 1.807) is 0 Å². The number of aromatic nitrogens is 2. The maximum Gasteiger partial charge on any atom is 0.0766 e. The summed E-state index contributed by atoms with van der Waals surface area (Å²) in [7, 11) is 0. The van der Waals surface area contributed by atoms with Crippen molar-refractivity contribution in [1.82, 2.24) is 15.1 Å². The summed E-state index contributed by atoms with van der Waals surface area (Å²) in [4.78, 5) is 0. The topological polar surface area (TPSA) is 29.9 Å². The van der Waals surface area contributed by atoms with Crippen LogP contribution in [0.4, 0.5) is 0 Å². The zero-order chi connectivity index (χ0) is 14.4. The molecule has 0 amide bonds. The van der Waals surface area contributed by atoms with Crippen LogP contribution in [-0.4, -0.2) is 15.8 Å². The average Bonchev–Trinajstić information content (AvgIpc) is 2.93. The smallest absolute Gasteiger partial charge is 0.0766 e. The van der Waals surface area contributed by atoms with E-state index in [9.17, 15) is 0 Å².